The number of aromatic amines is 1. The molecule has 1 aromatic rings. The molecular formula is C21H36N4O7. The first-order chi connectivity index (χ1) is 15.2. The average molecular weight is 457 g/mol. The van der Waals surface area contributed by atoms with Gasteiger partial charge in [-0.25, -0.2) is 0 Å². The summed E-state index contributed by atoms with van der Waals surface area (Å²) in [4.78, 5) is 3.13. The van der Waals surface area contributed by atoms with Gasteiger partial charge >= 0.3 is 0 Å². The molecule has 3 fully saturated rings. The van der Waals surface area contributed by atoms with Crippen LogP contribution in [-0.2, 0) is 20.6 Å². The molecule has 2 saturated heterocycles. The Kier molecular flexibility index (Phi) is 6.95. The minimum absolute atomic E-state index is 0.0453. The highest BCUT2D eigenvalue weighted by Crippen LogP contribution is 2.46. The van der Waals surface area contributed by atoms with Crippen LogP contribution in [0.1, 0.15) is 19.0 Å². The van der Waals surface area contributed by atoms with Crippen molar-refractivity contribution in [3.63, 3.8) is 0 Å². The number of hydrogen-bond acceptors (Lipinski definition) is 10. The van der Waals surface area contributed by atoms with Gasteiger partial charge in [0.25, 0.3) is 0 Å². The quantitative estimate of drug-likeness (QED) is 0.204. The highest BCUT2D eigenvalue weighted by molar-refractivity contribution is 5.12. The third-order valence-corrected chi connectivity index (χ3v) is 7.00. The lowest BCUT2D eigenvalue weighted by Crippen LogP contribution is -2.81. The number of fused-ring (bicyclic) bond motifs is 2. The van der Waals surface area contributed by atoms with Gasteiger partial charge in [0.1, 0.15) is 23.9 Å². The van der Waals surface area contributed by atoms with Gasteiger partial charge in [0.15, 0.2) is 0 Å². The molecule has 1 unspecified atom stereocenters. The predicted molar refractivity (Wildman–Crippen MR) is 114 cm³/mol. The molecule has 1 aliphatic carbocycles. The Morgan fingerprint density at radius 3 is 2.50 bits per heavy atom. The first-order valence-electron chi connectivity index (χ1n) is 11.2. The van der Waals surface area contributed by atoms with E-state index in [1.54, 1.807) is 21.0 Å². The van der Waals surface area contributed by atoms with Crippen LogP contribution < -0.4 is 16.0 Å². The number of likely N-dealkylation sites (N-methyl/N-ethyl adjacent to an activating group) is 2. The Hall–Kier alpha value is -1.12. The number of aromatic nitrogens is 1. The maximum atomic E-state index is 11.6. The van der Waals surface area contributed by atoms with Crippen LogP contribution >= 0.6 is 0 Å². The van der Waals surface area contributed by atoms with Crippen molar-refractivity contribution in [2.75, 3.05) is 27.2 Å². The molecule has 1 aromatic heterocycles. The van der Waals surface area contributed by atoms with Gasteiger partial charge in [0, 0.05) is 31.4 Å². The Balaban J connectivity index is 1.53. The molecule has 182 valence electrons. The molecule has 10 atom stereocenters. The molecule has 2 aliphatic heterocycles. The second-order valence-electron chi connectivity index (χ2n) is 9.13. The van der Waals surface area contributed by atoms with E-state index in [2.05, 4.69) is 20.9 Å². The number of ether oxygens (including phenoxy) is 3. The van der Waals surface area contributed by atoms with E-state index in [1.807, 2.05) is 18.3 Å². The summed E-state index contributed by atoms with van der Waals surface area (Å²) in [5.74, 6) is -2.19. The molecule has 11 nitrogen and oxygen atoms in total. The summed E-state index contributed by atoms with van der Waals surface area (Å²) in [6.07, 6.45) is -2.95. The normalized spacial score (nSPS) is 46.5. The van der Waals surface area contributed by atoms with Gasteiger partial charge in [0.2, 0.25) is 12.1 Å². The molecule has 32 heavy (non-hydrogen) atoms. The van der Waals surface area contributed by atoms with Gasteiger partial charge in [-0.05, 0) is 39.6 Å². The van der Waals surface area contributed by atoms with E-state index in [0.29, 0.717) is 6.54 Å². The lowest BCUT2D eigenvalue weighted by Gasteiger charge is -2.60. The van der Waals surface area contributed by atoms with Gasteiger partial charge in [-0.3, -0.25) is 0 Å². The van der Waals surface area contributed by atoms with E-state index in [-0.39, 0.29) is 13.0 Å². The second-order valence-corrected chi connectivity index (χ2v) is 9.13. The number of aliphatic hydroxyl groups excluding tert-OH is 2. The molecule has 8 N–H and O–H groups in total. The van der Waals surface area contributed by atoms with Crippen molar-refractivity contribution in [2.24, 2.45) is 0 Å². The van der Waals surface area contributed by atoms with Crippen LogP contribution in [0.3, 0.4) is 0 Å². The van der Waals surface area contributed by atoms with E-state index < -0.39 is 60.3 Å². The van der Waals surface area contributed by atoms with E-state index in [0.717, 1.165) is 12.1 Å². The minimum atomic E-state index is -2.19. The molecule has 0 bridgehead atoms. The number of rotatable bonds is 7. The molecule has 3 aliphatic rings. The first kappa shape index (κ1) is 24.0. The Morgan fingerprint density at radius 1 is 1.09 bits per heavy atom. The highest BCUT2D eigenvalue weighted by Gasteiger charge is 2.68. The summed E-state index contributed by atoms with van der Waals surface area (Å²) >= 11 is 0. The number of aliphatic hydroxyl groups is 4. The molecule has 0 spiro atoms. The Morgan fingerprint density at radius 2 is 1.84 bits per heavy atom. The van der Waals surface area contributed by atoms with Crippen LogP contribution in [0.25, 0.3) is 0 Å². The molecule has 0 radical (unpaired) electrons. The van der Waals surface area contributed by atoms with Gasteiger partial charge in [-0.2, -0.15) is 0 Å². The number of nitrogens with one attached hydrogen (secondary N) is 4. The molecule has 3 heterocycles. The maximum Gasteiger partial charge on any atom is 0.249 e. The van der Waals surface area contributed by atoms with Crippen molar-refractivity contribution in [3.8, 4) is 0 Å². The Bertz CT molecular complexity index is 755. The van der Waals surface area contributed by atoms with Crippen LogP contribution in [0.15, 0.2) is 18.3 Å². The summed E-state index contributed by atoms with van der Waals surface area (Å²) in [7, 11) is 3.30. The van der Waals surface area contributed by atoms with Crippen LogP contribution in [0.4, 0.5) is 0 Å². The standard InChI is InChI=1S/C21H36N4O7/c1-11-9-20(28,10-24-8-6-12-5-4-7-25-12)21(29)19(30-11)31-18-16(27)13(22-2)15(26)14(23-3)17(18)32-21/h4-5,7,11,13-19,22-29H,6,8-10H2,1-3H3/t11-,13-,14+,15+,16+,17-,18?,19+,20-,21-/m1/s1. The van der Waals surface area contributed by atoms with E-state index >= 15 is 0 Å². The maximum absolute atomic E-state index is 11.6. The van der Waals surface area contributed by atoms with Gasteiger partial charge < -0.3 is 55.6 Å². The van der Waals surface area contributed by atoms with Crippen molar-refractivity contribution in [2.45, 2.75) is 80.0 Å². The molecule has 0 amide bonds. The smallest absolute Gasteiger partial charge is 0.249 e. The summed E-state index contributed by atoms with van der Waals surface area (Å²) in [6.45, 7) is 2.41. The summed E-state index contributed by atoms with van der Waals surface area (Å²) in [5.41, 5.74) is -0.660. The molecule has 0 aromatic carbocycles. The van der Waals surface area contributed by atoms with Crippen molar-refractivity contribution in [1.82, 2.24) is 20.9 Å². The first-order valence-corrected chi connectivity index (χ1v) is 11.2. The molecule has 1 saturated carbocycles. The molecule has 11 heteroatoms. The lowest BCUT2D eigenvalue weighted by atomic mass is 9.77. The summed E-state index contributed by atoms with van der Waals surface area (Å²) in [6, 6.07) is 2.57. The Labute approximate surface area is 187 Å². The SMILES string of the molecule is CN[C@@H]1[C@H](O)[C@H](NC)[C@H]2O[C@]3(O)[C@H](OC2[C@H]1O)O[C@H](C)C[C@@]3(O)CNCCc1ccc[nH]1. The molecule has 4 rings (SSSR count). The third-order valence-electron chi connectivity index (χ3n) is 7.00. The van der Waals surface area contributed by atoms with Crippen molar-refractivity contribution >= 4 is 0 Å². The summed E-state index contributed by atoms with van der Waals surface area (Å²) in [5, 5.41) is 53.8. The third kappa shape index (κ3) is 4.00. The zero-order chi connectivity index (χ0) is 23.1. The zero-order valence-corrected chi connectivity index (χ0v) is 18.7. The van der Waals surface area contributed by atoms with Gasteiger partial charge in [-0.1, -0.05) is 0 Å². The van der Waals surface area contributed by atoms with Crippen LogP contribution in [-0.4, -0.2) is 113 Å². The van der Waals surface area contributed by atoms with E-state index in [1.165, 1.54) is 0 Å². The van der Waals surface area contributed by atoms with E-state index in [9.17, 15) is 20.4 Å². The predicted octanol–water partition coefficient (Wildman–Crippen LogP) is -2.60. The lowest BCUT2D eigenvalue weighted by molar-refractivity contribution is -0.482. The average Bonchev–Trinajstić information content (AvgIpc) is 3.26. The van der Waals surface area contributed by atoms with Crippen molar-refractivity contribution in [1.29, 1.82) is 0 Å². The molecular weight excluding hydrogens is 420 g/mol. The van der Waals surface area contributed by atoms with Crippen LogP contribution in [0.5, 0.6) is 0 Å². The van der Waals surface area contributed by atoms with Gasteiger partial charge in [0.05, 0.1) is 24.3 Å². The number of hydrogen-bond donors (Lipinski definition) is 8. The second kappa shape index (κ2) is 9.26. The fourth-order valence-corrected chi connectivity index (χ4v) is 5.27. The van der Waals surface area contributed by atoms with Crippen molar-refractivity contribution < 1.29 is 34.6 Å². The van der Waals surface area contributed by atoms with Crippen molar-refractivity contribution in [3.05, 3.63) is 24.0 Å². The zero-order valence-electron chi connectivity index (χ0n) is 18.7. The monoisotopic (exact) mass is 456 g/mol. The summed E-state index contributed by atoms with van der Waals surface area (Å²) < 4.78 is 17.9. The van der Waals surface area contributed by atoms with Crippen LogP contribution in [0.2, 0.25) is 0 Å². The highest BCUT2D eigenvalue weighted by atomic mass is 16.8. The fourth-order valence-electron chi connectivity index (χ4n) is 5.27. The minimum Gasteiger partial charge on any atom is -0.390 e. The topological polar surface area (TPSA) is 160 Å². The largest absolute Gasteiger partial charge is 0.390 e. The van der Waals surface area contributed by atoms with E-state index in [4.69, 9.17) is 14.2 Å². The van der Waals surface area contributed by atoms with Crippen LogP contribution in [0, 0.1) is 0 Å². The van der Waals surface area contributed by atoms with Gasteiger partial charge in [-0.15, -0.1) is 0 Å². The fraction of sp³-hybridized carbons (Fsp3) is 0.810. The number of H-pyrrole nitrogens is 1.